The van der Waals surface area contributed by atoms with E-state index in [9.17, 15) is 0 Å². The lowest BCUT2D eigenvalue weighted by Crippen LogP contribution is -2.07. The highest BCUT2D eigenvalue weighted by Gasteiger charge is 2.12. The van der Waals surface area contributed by atoms with Crippen molar-refractivity contribution in [2.75, 3.05) is 32.2 Å². The fourth-order valence-electron chi connectivity index (χ4n) is 2.26. The molecule has 0 radical (unpaired) electrons. The minimum absolute atomic E-state index is 0.325. The zero-order chi connectivity index (χ0) is 18.2. The van der Waals surface area contributed by atoms with Crippen LogP contribution < -0.4 is 10.1 Å². The first-order valence-electron chi connectivity index (χ1n) is 8.44. The van der Waals surface area contributed by atoms with E-state index in [0.29, 0.717) is 23.2 Å². The molecule has 26 heavy (non-hydrogen) atoms. The van der Waals surface area contributed by atoms with Crippen LogP contribution in [0, 0.1) is 0 Å². The number of aromatic nitrogens is 4. The van der Waals surface area contributed by atoms with Crippen molar-refractivity contribution in [1.29, 1.82) is 0 Å². The van der Waals surface area contributed by atoms with Gasteiger partial charge in [-0.05, 0) is 49.7 Å². The predicted octanol–water partition coefficient (Wildman–Crippen LogP) is 3.04. The first-order valence-corrected chi connectivity index (χ1v) is 8.44. The molecule has 0 spiro atoms. The van der Waals surface area contributed by atoms with Crippen LogP contribution in [0.3, 0.4) is 0 Å². The predicted molar refractivity (Wildman–Crippen MR) is 96.9 cm³/mol. The number of benzene rings is 1. The maximum atomic E-state index is 5.30. The highest BCUT2D eigenvalue weighted by molar-refractivity contribution is 5.59. The Morgan fingerprint density at radius 3 is 2.62 bits per heavy atom. The Kier molecular flexibility index (Phi) is 6.10. The monoisotopic (exact) mass is 355 g/mol. The summed E-state index contributed by atoms with van der Waals surface area (Å²) in [7, 11) is 1.62. The van der Waals surface area contributed by atoms with E-state index in [1.165, 1.54) is 0 Å². The van der Waals surface area contributed by atoms with Gasteiger partial charge in [0.25, 0.3) is 5.89 Å². The van der Waals surface area contributed by atoms with Gasteiger partial charge < -0.3 is 19.3 Å². The van der Waals surface area contributed by atoms with Gasteiger partial charge in [-0.1, -0.05) is 5.16 Å². The third-order valence-corrected chi connectivity index (χ3v) is 3.63. The van der Waals surface area contributed by atoms with Crippen LogP contribution in [0.4, 0.5) is 5.82 Å². The van der Waals surface area contributed by atoms with E-state index < -0.39 is 0 Å². The molecule has 0 bridgehead atoms. The number of nitrogens with zero attached hydrogens (tertiary/aromatic N) is 4. The van der Waals surface area contributed by atoms with Crippen LogP contribution in [0.5, 0.6) is 5.75 Å². The van der Waals surface area contributed by atoms with Crippen molar-refractivity contribution in [3.63, 3.8) is 0 Å². The zero-order valence-corrected chi connectivity index (χ0v) is 14.8. The van der Waals surface area contributed by atoms with Crippen LogP contribution in [0.2, 0.25) is 0 Å². The van der Waals surface area contributed by atoms with Crippen LogP contribution in [0.25, 0.3) is 23.0 Å². The summed E-state index contributed by atoms with van der Waals surface area (Å²) in [6.45, 7) is 4.22. The van der Waals surface area contributed by atoms with Gasteiger partial charge in [0.15, 0.2) is 5.69 Å². The van der Waals surface area contributed by atoms with Crippen molar-refractivity contribution >= 4 is 5.82 Å². The smallest absolute Gasteiger partial charge is 0.278 e. The Morgan fingerprint density at radius 2 is 1.92 bits per heavy atom. The normalized spacial score (nSPS) is 10.7. The summed E-state index contributed by atoms with van der Waals surface area (Å²) < 4.78 is 15.7. The molecule has 1 N–H and O–H groups in total. The molecule has 0 aliphatic heterocycles. The second kappa shape index (κ2) is 8.91. The minimum atomic E-state index is 0.325. The molecular weight excluding hydrogens is 334 g/mol. The third kappa shape index (κ3) is 4.54. The quantitative estimate of drug-likeness (QED) is 0.585. The second-order valence-corrected chi connectivity index (χ2v) is 5.43. The Balaban J connectivity index is 1.61. The molecule has 0 atom stereocenters. The molecule has 8 nitrogen and oxygen atoms in total. The number of hydrogen-bond acceptors (Lipinski definition) is 8. The van der Waals surface area contributed by atoms with E-state index in [1.54, 1.807) is 13.2 Å². The molecule has 0 fully saturated rings. The number of ether oxygens (including phenoxy) is 2. The maximum absolute atomic E-state index is 5.30. The van der Waals surface area contributed by atoms with E-state index in [-0.39, 0.29) is 0 Å². The molecule has 2 aromatic heterocycles. The molecule has 2 heterocycles. The van der Waals surface area contributed by atoms with Crippen LogP contribution in [0.15, 0.2) is 40.9 Å². The summed E-state index contributed by atoms with van der Waals surface area (Å²) in [4.78, 5) is 4.37. The first kappa shape index (κ1) is 17.8. The van der Waals surface area contributed by atoms with Gasteiger partial charge in [-0.25, -0.2) is 0 Å². The van der Waals surface area contributed by atoms with Crippen LogP contribution >= 0.6 is 0 Å². The van der Waals surface area contributed by atoms with Crippen LogP contribution in [-0.4, -0.2) is 47.2 Å². The summed E-state index contributed by atoms with van der Waals surface area (Å²) in [5.74, 6) is 2.28. The number of methoxy groups -OCH3 is 1. The van der Waals surface area contributed by atoms with Crippen molar-refractivity contribution in [1.82, 2.24) is 20.3 Å². The van der Waals surface area contributed by atoms with Crippen molar-refractivity contribution in [2.24, 2.45) is 0 Å². The van der Waals surface area contributed by atoms with Crippen LogP contribution in [0.1, 0.15) is 13.3 Å². The highest BCUT2D eigenvalue weighted by Crippen LogP contribution is 2.22. The van der Waals surface area contributed by atoms with Crippen molar-refractivity contribution in [3.8, 4) is 28.7 Å². The lowest BCUT2D eigenvalue weighted by Gasteiger charge is -2.04. The van der Waals surface area contributed by atoms with E-state index in [1.807, 2.05) is 37.3 Å². The Morgan fingerprint density at radius 1 is 1.08 bits per heavy atom. The Labute approximate surface area is 151 Å². The molecule has 3 aromatic rings. The summed E-state index contributed by atoms with van der Waals surface area (Å²) in [5, 5.41) is 15.5. The van der Waals surface area contributed by atoms with Gasteiger partial charge in [0.05, 0.1) is 7.11 Å². The molecule has 0 saturated carbocycles. The summed E-state index contributed by atoms with van der Waals surface area (Å²) in [5.41, 5.74) is 1.36. The summed E-state index contributed by atoms with van der Waals surface area (Å²) >= 11 is 0. The van der Waals surface area contributed by atoms with Crippen molar-refractivity contribution in [2.45, 2.75) is 13.3 Å². The molecule has 3 rings (SSSR count). The lowest BCUT2D eigenvalue weighted by molar-refractivity contribution is 0.147. The molecule has 0 saturated heterocycles. The van der Waals surface area contributed by atoms with Gasteiger partial charge in [0.2, 0.25) is 5.82 Å². The average molecular weight is 355 g/mol. The molecule has 0 amide bonds. The molecule has 0 aliphatic rings. The third-order valence-electron chi connectivity index (χ3n) is 3.63. The molecule has 0 unspecified atom stereocenters. The van der Waals surface area contributed by atoms with Gasteiger partial charge in [-0.2, -0.15) is 4.98 Å². The Hall–Kier alpha value is -3.00. The minimum Gasteiger partial charge on any atom is -0.497 e. The fourth-order valence-corrected chi connectivity index (χ4v) is 2.26. The Bertz CT molecular complexity index is 802. The van der Waals surface area contributed by atoms with E-state index >= 15 is 0 Å². The summed E-state index contributed by atoms with van der Waals surface area (Å²) in [6.07, 6.45) is 0.909. The van der Waals surface area contributed by atoms with E-state index in [4.69, 9.17) is 14.0 Å². The molecule has 0 aliphatic carbocycles. The molecule has 136 valence electrons. The number of anilines is 1. The second-order valence-electron chi connectivity index (χ2n) is 5.43. The molecule has 1 aromatic carbocycles. The summed E-state index contributed by atoms with van der Waals surface area (Å²) in [6, 6.07) is 11.1. The molecular formula is C18H21N5O3. The van der Waals surface area contributed by atoms with E-state index in [0.717, 1.165) is 37.5 Å². The van der Waals surface area contributed by atoms with E-state index in [2.05, 4.69) is 25.7 Å². The van der Waals surface area contributed by atoms with Gasteiger partial charge >= 0.3 is 0 Å². The standard InChI is InChI=1S/C18H21N5O3/c1-3-25-12-4-11-19-16-10-9-15(21-22-16)18-20-17(23-26-18)13-5-7-14(24-2)8-6-13/h5-10H,3-4,11-12H2,1-2H3,(H,19,22). The van der Waals surface area contributed by atoms with Crippen molar-refractivity contribution < 1.29 is 14.0 Å². The van der Waals surface area contributed by atoms with Gasteiger partial charge in [0, 0.05) is 25.3 Å². The molecule has 8 heteroatoms. The first-order chi connectivity index (χ1) is 12.8. The van der Waals surface area contributed by atoms with Crippen molar-refractivity contribution in [3.05, 3.63) is 36.4 Å². The fraction of sp³-hybridized carbons (Fsp3) is 0.333. The zero-order valence-electron chi connectivity index (χ0n) is 14.8. The van der Waals surface area contributed by atoms with Gasteiger partial charge in [-0.3, -0.25) is 0 Å². The maximum Gasteiger partial charge on any atom is 0.278 e. The SMILES string of the molecule is CCOCCCNc1ccc(-c2nc(-c3ccc(OC)cc3)no2)nn1. The number of rotatable bonds is 9. The highest BCUT2D eigenvalue weighted by atomic mass is 16.5. The van der Waals surface area contributed by atoms with Gasteiger partial charge in [-0.15, -0.1) is 10.2 Å². The van der Waals surface area contributed by atoms with Gasteiger partial charge in [0.1, 0.15) is 11.6 Å². The topological polar surface area (TPSA) is 95.2 Å². The largest absolute Gasteiger partial charge is 0.497 e. The van der Waals surface area contributed by atoms with Crippen LogP contribution in [-0.2, 0) is 4.74 Å². The number of nitrogens with one attached hydrogen (secondary N) is 1. The lowest BCUT2D eigenvalue weighted by atomic mass is 10.2. The average Bonchev–Trinajstić information content (AvgIpc) is 3.18. The number of hydrogen-bond donors (Lipinski definition) is 1.